The summed E-state index contributed by atoms with van der Waals surface area (Å²) in [7, 11) is 0. The van der Waals surface area contributed by atoms with Crippen LogP contribution in [0.15, 0.2) is 16.9 Å². The lowest BCUT2D eigenvalue weighted by Gasteiger charge is -2.25. The molecule has 2 rings (SSSR count). The van der Waals surface area contributed by atoms with Crippen molar-refractivity contribution in [3.8, 4) is 0 Å². The zero-order valence-electron chi connectivity index (χ0n) is 8.20. The topological polar surface area (TPSA) is 42.1 Å². The monoisotopic (exact) mass is 255 g/mol. The zero-order chi connectivity index (χ0) is 10.1. The minimum Gasteiger partial charge on any atom is -0.396 e. The first-order valence-electron chi connectivity index (χ1n) is 4.89. The predicted octanol–water partition coefficient (Wildman–Crippen LogP) is 2.42. The summed E-state index contributed by atoms with van der Waals surface area (Å²) in [6.07, 6.45) is 6.08. The van der Waals surface area contributed by atoms with E-state index in [4.69, 9.17) is 5.73 Å². The van der Waals surface area contributed by atoms with Gasteiger partial charge in [-0.05, 0) is 35.7 Å². The first kappa shape index (κ1) is 9.77. The van der Waals surface area contributed by atoms with Crippen molar-refractivity contribution in [2.45, 2.75) is 25.8 Å². The molecule has 4 heteroatoms. The summed E-state index contributed by atoms with van der Waals surface area (Å²) >= 11 is 3.50. The zero-order valence-corrected chi connectivity index (χ0v) is 9.79. The second kappa shape index (κ2) is 3.77. The van der Waals surface area contributed by atoms with Gasteiger partial charge in [-0.1, -0.05) is 0 Å². The maximum atomic E-state index is 5.93. The van der Waals surface area contributed by atoms with E-state index in [-0.39, 0.29) is 0 Å². The van der Waals surface area contributed by atoms with Crippen LogP contribution in [0.5, 0.6) is 0 Å². The van der Waals surface area contributed by atoms with Crippen molar-refractivity contribution in [3.05, 3.63) is 16.9 Å². The molecule has 0 aliphatic heterocycles. The molecule has 1 heterocycles. The van der Waals surface area contributed by atoms with E-state index in [1.165, 1.54) is 12.8 Å². The van der Waals surface area contributed by atoms with Gasteiger partial charge in [0.2, 0.25) is 0 Å². The lowest BCUT2D eigenvalue weighted by Crippen LogP contribution is -2.26. The Morgan fingerprint density at radius 2 is 2.29 bits per heavy atom. The van der Waals surface area contributed by atoms with Gasteiger partial charge in [-0.3, -0.25) is 4.98 Å². The van der Waals surface area contributed by atoms with E-state index in [0.29, 0.717) is 6.04 Å². The first-order chi connectivity index (χ1) is 6.74. The molecule has 76 valence electrons. The average Bonchev–Trinajstić information content (AvgIpc) is 2.95. The molecule has 0 radical (unpaired) electrons. The molecule has 0 atom stereocenters. The molecule has 0 amide bonds. The van der Waals surface area contributed by atoms with Crippen LogP contribution in [0.25, 0.3) is 0 Å². The third-order valence-corrected chi connectivity index (χ3v) is 3.10. The molecule has 1 aliphatic rings. The van der Waals surface area contributed by atoms with Crippen LogP contribution >= 0.6 is 15.9 Å². The lowest BCUT2D eigenvalue weighted by molar-refractivity contribution is 0.824. The molecular weight excluding hydrogens is 242 g/mol. The van der Waals surface area contributed by atoms with Gasteiger partial charge in [0.1, 0.15) is 0 Å². The Balaban J connectivity index is 2.36. The van der Waals surface area contributed by atoms with Crippen molar-refractivity contribution in [2.75, 3.05) is 17.2 Å². The number of hydrogen-bond acceptors (Lipinski definition) is 3. The van der Waals surface area contributed by atoms with Gasteiger partial charge < -0.3 is 10.6 Å². The number of nitrogen functional groups attached to an aromatic ring is 1. The molecule has 0 spiro atoms. The molecule has 3 nitrogen and oxygen atoms in total. The van der Waals surface area contributed by atoms with Gasteiger partial charge in [-0.25, -0.2) is 0 Å². The molecule has 1 aromatic rings. The second-order valence-corrected chi connectivity index (χ2v) is 4.43. The molecule has 1 aliphatic carbocycles. The van der Waals surface area contributed by atoms with Crippen LogP contribution in [0.4, 0.5) is 11.4 Å². The van der Waals surface area contributed by atoms with Crippen molar-refractivity contribution in [1.82, 2.24) is 4.98 Å². The van der Waals surface area contributed by atoms with Gasteiger partial charge in [0.15, 0.2) is 0 Å². The largest absolute Gasteiger partial charge is 0.396 e. The maximum absolute atomic E-state index is 5.93. The molecule has 1 saturated carbocycles. The highest BCUT2D eigenvalue weighted by Crippen LogP contribution is 2.38. The van der Waals surface area contributed by atoms with Crippen molar-refractivity contribution < 1.29 is 0 Å². The molecule has 14 heavy (non-hydrogen) atoms. The van der Waals surface area contributed by atoms with Gasteiger partial charge in [0, 0.05) is 18.8 Å². The predicted molar refractivity (Wildman–Crippen MR) is 62.4 cm³/mol. The van der Waals surface area contributed by atoms with Crippen LogP contribution in [-0.2, 0) is 0 Å². The summed E-state index contributed by atoms with van der Waals surface area (Å²) in [5, 5.41) is 0. The fourth-order valence-corrected chi connectivity index (χ4v) is 2.31. The SMILES string of the molecule is CCN(c1c(N)cncc1Br)C1CC1. The third kappa shape index (κ3) is 1.71. The molecule has 0 saturated heterocycles. The number of pyridine rings is 1. The van der Waals surface area contributed by atoms with E-state index in [1.807, 2.05) is 0 Å². The van der Waals surface area contributed by atoms with Gasteiger partial charge in [-0.2, -0.15) is 0 Å². The van der Waals surface area contributed by atoms with Gasteiger partial charge in [0.05, 0.1) is 22.0 Å². The van der Waals surface area contributed by atoms with Crippen LogP contribution in [-0.4, -0.2) is 17.6 Å². The quantitative estimate of drug-likeness (QED) is 0.903. The molecule has 0 unspecified atom stereocenters. The van der Waals surface area contributed by atoms with Crippen LogP contribution in [0.2, 0.25) is 0 Å². The Labute approximate surface area is 92.4 Å². The standard InChI is InChI=1S/C10H14BrN3/c1-2-14(7-3-4-7)10-8(11)5-13-6-9(10)12/h5-7H,2-4,12H2,1H3. The van der Waals surface area contributed by atoms with E-state index in [1.54, 1.807) is 12.4 Å². The smallest absolute Gasteiger partial charge is 0.0778 e. The van der Waals surface area contributed by atoms with Gasteiger partial charge in [0.25, 0.3) is 0 Å². The van der Waals surface area contributed by atoms with Gasteiger partial charge in [-0.15, -0.1) is 0 Å². The van der Waals surface area contributed by atoms with Crippen molar-refractivity contribution in [2.24, 2.45) is 0 Å². The van der Waals surface area contributed by atoms with E-state index < -0.39 is 0 Å². The van der Waals surface area contributed by atoms with Crippen LogP contribution in [0.3, 0.4) is 0 Å². The Kier molecular flexibility index (Phi) is 2.63. The number of nitrogens with two attached hydrogens (primary N) is 1. The average molecular weight is 256 g/mol. The van der Waals surface area contributed by atoms with E-state index >= 15 is 0 Å². The Bertz CT molecular complexity index is 316. The minimum atomic E-state index is 0.681. The van der Waals surface area contributed by atoms with E-state index in [9.17, 15) is 0 Å². The maximum Gasteiger partial charge on any atom is 0.0778 e. The summed E-state index contributed by atoms with van der Waals surface area (Å²) in [5.74, 6) is 0. The minimum absolute atomic E-state index is 0.681. The highest BCUT2D eigenvalue weighted by molar-refractivity contribution is 9.10. The highest BCUT2D eigenvalue weighted by atomic mass is 79.9. The van der Waals surface area contributed by atoms with E-state index in [0.717, 1.165) is 22.4 Å². The fourth-order valence-electron chi connectivity index (χ4n) is 1.73. The molecule has 1 fully saturated rings. The summed E-state index contributed by atoms with van der Waals surface area (Å²) < 4.78 is 0.992. The summed E-state index contributed by atoms with van der Waals surface area (Å²) in [5.41, 5.74) is 7.79. The second-order valence-electron chi connectivity index (χ2n) is 3.58. The van der Waals surface area contributed by atoms with Gasteiger partial charge >= 0.3 is 0 Å². The Morgan fingerprint density at radius 1 is 1.57 bits per heavy atom. The lowest BCUT2D eigenvalue weighted by atomic mass is 10.3. The first-order valence-corrected chi connectivity index (χ1v) is 5.69. The Morgan fingerprint density at radius 3 is 2.79 bits per heavy atom. The summed E-state index contributed by atoms with van der Waals surface area (Å²) in [4.78, 5) is 6.39. The number of nitrogens with zero attached hydrogens (tertiary/aromatic N) is 2. The number of anilines is 2. The Hall–Kier alpha value is -0.770. The molecule has 2 N–H and O–H groups in total. The van der Waals surface area contributed by atoms with Crippen molar-refractivity contribution >= 4 is 27.3 Å². The number of rotatable bonds is 3. The van der Waals surface area contributed by atoms with E-state index in [2.05, 4.69) is 32.7 Å². The summed E-state index contributed by atoms with van der Waals surface area (Å²) in [6.45, 7) is 3.15. The molecule has 1 aromatic heterocycles. The molecule has 0 aromatic carbocycles. The number of halogens is 1. The number of hydrogen-bond donors (Lipinski definition) is 1. The third-order valence-electron chi connectivity index (χ3n) is 2.52. The van der Waals surface area contributed by atoms with Crippen LogP contribution < -0.4 is 10.6 Å². The summed E-state index contributed by atoms with van der Waals surface area (Å²) in [6, 6.07) is 0.681. The van der Waals surface area contributed by atoms with Crippen molar-refractivity contribution in [3.63, 3.8) is 0 Å². The highest BCUT2D eigenvalue weighted by Gasteiger charge is 2.30. The van der Waals surface area contributed by atoms with Crippen LogP contribution in [0.1, 0.15) is 19.8 Å². The fraction of sp³-hybridized carbons (Fsp3) is 0.500. The normalized spacial score (nSPS) is 15.6. The van der Waals surface area contributed by atoms with Crippen LogP contribution in [0, 0.1) is 0 Å². The molecular formula is C10H14BrN3. The number of aromatic nitrogens is 1. The van der Waals surface area contributed by atoms with Crippen molar-refractivity contribution in [1.29, 1.82) is 0 Å². The molecule has 0 bridgehead atoms.